The van der Waals surface area contributed by atoms with Crippen LogP contribution in [0.5, 0.6) is 5.75 Å². The van der Waals surface area contributed by atoms with Crippen LogP contribution in [0, 0.1) is 0 Å². The highest BCUT2D eigenvalue weighted by Gasteiger charge is 2.25. The molecule has 206 valence electrons. The molecule has 3 aromatic carbocycles. The Labute approximate surface area is 230 Å². The van der Waals surface area contributed by atoms with Gasteiger partial charge >= 0.3 is 6.03 Å². The minimum absolute atomic E-state index is 0.0335. The summed E-state index contributed by atoms with van der Waals surface area (Å²) < 4.78 is 69.0. The van der Waals surface area contributed by atoms with Gasteiger partial charge < -0.3 is 19.4 Å². The number of sulfonamides is 2. The first-order valence-electron chi connectivity index (χ1n) is 11.5. The number of fused-ring (bicyclic) bond motifs is 1. The predicted molar refractivity (Wildman–Crippen MR) is 150 cm³/mol. The van der Waals surface area contributed by atoms with Crippen LogP contribution >= 0.6 is 11.6 Å². The van der Waals surface area contributed by atoms with E-state index >= 15 is 0 Å². The van der Waals surface area contributed by atoms with E-state index in [0.29, 0.717) is 11.0 Å². The number of benzene rings is 3. The molecule has 0 aliphatic heterocycles. The number of nitrogens with one attached hydrogen (secondary N) is 3. The van der Waals surface area contributed by atoms with Gasteiger partial charge in [0, 0.05) is 36.3 Å². The molecule has 0 atom stereocenters. The fourth-order valence-corrected chi connectivity index (χ4v) is 5.94. The molecule has 0 saturated heterocycles. The number of carbonyl (C=O) groups excluding carboxylic acids is 1. The summed E-state index contributed by atoms with van der Waals surface area (Å²) in [7, 11) is -5.55. The highest BCUT2D eigenvalue weighted by atomic mass is 35.5. The number of urea groups is 1. The van der Waals surface area contributed by atoms with E-state index in [9.17, 15) is 21.6 Å². The molecule has 11 nitrogen and oxygen atoms in total. The lowest BCUT2D eigenvalue weighted by Gasteiger charge is -2.17. The number of rotatable bonds is 9. The molecule has 0 radical (unpaired) electrons. The topological polar surface area (TPSA) is 147 Å². The first kappa shape index (κ1) is 28.1. The lowest BCUT2D eigenvalue weighted by atomic mass is 10.3. The number of carbonyl (C=O) groups is 1. The molecule has 0 fully saturated rings. The van der Waals surface area contributed by atoms with Crippen molar-refractivity contribution in [3.05, 3.63) is 71.8 Å². The molecular weight excluding hydrogens is 568 g/mol. The molecule has 39 heavy (non-hydrogen) atoms. The maximum Gasteiger partial charge on any atom is 0.321 e. The van der Waals surface area contributed by atoms with Gasteiger partial charge in [0.05, 0.1) is 18.0 Å². The minimum atomic E-state index is -4.36. The van der Waals surface area contributed by atoms with Crippen LogP contribution in [-0.4, -0.2) is 48.5 Å². The second kappa shape index (κ2) is 11.0. The summed E-state index contributed by atoms with van der Waals surface area (Å²) in [6.07, 6.45) is 0. The van der Waals surface area contributed by atoms with E-state index < -0.39 is 26.1 Å². The van der Waals surface area contributed by atoms with E-state index in [1.165, 1.54) is 61.5 Å². The van der Waals surface area contributed by atoms with Gasteiger partial charge in [0.25, 0.3) is 20.0 Å². The summed E-state index contributed by atoms with van der Waals surface area (Å²) in [6.45, 7) is 1.87. The Kier molecular flexibility index (Phi) is 7.95. The molecule has 14 heteroatoms. The molecule has 0 unspecified atom stereocenters. The Bertz CT molecular complexity index is 1720. The van der Waals surface area contributed by atoms with Crippen molar-refractivity contribution in [1.29, 1.82) is 0 Å². The molecule has 1 heterocycles. The zero-order chi connectivity index (χ0) is 28.4. The fourth-order valence-electron chi connectivity index (χ4n) is 3.48. The van der Waals surface area contributed by atoms with Crippen LogP contribution in [0.25, 0.3) is 11.0 Å². The molecule has 2 amide bonds. The van der Waals surface area contributed by atoms with E-state index in [2.05, 4.69) is 14.8 Å². The third-order valence-corrected chi connectivity index (χ3v) is 8.17. The highest BCUT2D eigenvalue weighted by Crippen LogP contribution is 2.34. The minimum Gasteiger partial charge on any atom is -0.492 e. The second-order valence-electron chi connectivity index (χ2n) is 8.42. The number of nitrogens with zero attached hydrogens (tertiary/aromatic N) is 1. The third kappa shape index (κ3) is 6.38. The van der Waals surface area contributed by atoms with Gasteiger partial charge in [0.2, 0.25) is 5.09 Å². The SMILES string of the molecule is CCOc1ccc(NC(=O)N(C)C)cc1S(=O)(=O)Nc1ccc(Cl)cc1NS(=O)(=O)c1cc2ccccc2o1. The number of para-hydroxylation sites is 1. The van der Waals surface area contributed by atoms with Gasteiger partial charge in [-0.2, -0.15) is 8.42 Å². The molecule has 4 aromatic rings. The summed E-state index contributed by atoms with van der Waals surface area (Å²) in [4.78, 5) is 13.1. The Morgan fingerprint density at radius 2 is 1.64 bits per heavy atom. The summed E-state index contributed by atoms with van der Waals surface area (Å²) in [6, 6.07) is 15.8. The van der Waals surface area contributed by atoms with Crippen molar-refractivity contribution in [2.45, 2.75) is 16.9 Å². The lowest BCUT2D eigenvalue weighted by Crippen LogP contribution is -2.27. The Hall–Kier alpha value is -3.94. The van der Waals surface area contributed by atoms with Crippen LogP contribution in [0.4, 0.5) is 21.9 Å². The standard InChI is InChI=1S/C25H25ClN4O7S2/c1-4-36-22-12-10-18(27-25(31)30(2)3)15-23(22)38(32,33)28-19-11-9-17(26)14-20(19)29-39(34,35)24-13-16-7-5-6-8-21(16)37-24/h5-15,28-29H,4H2,1-3H3,(H,27,31). The molecule has 0 saturated carbocycles. The molecule has 0 bridgehead atoms. The number of amides is 2. The summed E-state index contributed by atoms with van der Waals surface area (Å²) in [5.74, 6) is 0.0335. The Morgan fingerprint density at radius 3 is 2.33 bits per heavy atom. The average molecular weight is 593 g/mol. The van der Waals surface area contributed by atoms with Gasteiger partial charge in [-0.1, -0.05) is 29.8 Å². The normalized spacial score (nSPS) is 11.7. The van der Waals surface area contributed by atoms with E-state index in [4.69, 9.17) is 20.8 Å². The van der Waals surface area contributed by atoms with E-state index in [0.717, 1.165) is 0 Å². The van der Waals surface area contributed by atoms with E-state index in [1.807, 2.05) is 0 Å². The number of furan rings is 1. The molecule has 3 N–H and O–H groups in total. The average Bonchev–Trinajstić information content (AvgIpc) is 3.32. The van der Waals surface area contributed by atoms with Gasteiger partial charge in [-0.15, -0.1) is 0 Å². The number of anilines is 3. The Morgan fingerprint density at radius 1 is 0.923 bits per heavy atom. The monoisotopic (exact) mass is 592 g/mol. The van der Waals surface area contributed by atoms with Crippen molar-refractivity contribution in [2.75, 3.05) is 35.5 Å². The van der Waals surface area contributed by atoms with Crippen LogP contribution < -0.4 is 19.5 Å². The quantitative estimate of drug-likeness (QED) is 0.242. The first-order chi connectivity index (χ1) is 18.4. The molecule has 0 spiro atoms. The van der Waals surface area contributed by atoms with Crippen LogP contribution in [0.1, 0.15) is 6.92 Å². The molecular formula is C25H25ClN4O7S2. The van der Waals surface area contributed by atoms with Crippen molar-refractivity contribution >= 4 is 65.7 Å². The second-order valence-corrected chi connectivity index (χ2v) is 12.1. The van der Waals surface area contributed by atoms with E-state index in [-0.39, 0.29) is 44.4 Å². The summed E-state index contributed by atoms with van der Waals surface area (Å²) >= 11 is 6.11. The summed E-state index contributed by atoms with van der Waals surface area (Å²) in [5, 5.41) is 2.96. The maximum atomic E-state index is 13.5. The largest absolute Gasteiger partial charge is 0.492 e. The molecule has 0 aliphatic carbocycles. The van der Waals surface area contributed by atoms with Crippen molar-refractivity contribution in [3.8, 4) is 5.75 Å². The van der Waals surface area contributed by atoms with Gasteiger partial charge in [-0.25, -0.2) is 13.2 Å². The maximum absolute atomic E-state index is 13.5. The van der Waals surface area contributed by atoms with Gasteiger partial charge in [-0.05, 0) is 49.4 Å². The zero-order valence-corrected chi connectivity index (χ0v) is 23.4. The van der Waals surface area contributed by atoms with Crippen molar-refractivity contribution < 1.29 is 30.8 Å². The van der Waals surface area contributed by atoms with Crippen LogP contribution in [0.15, 0.2) is 81.1 Å². The van der Waals surface area contributed by atoms with Gasteiger partial charge in [0.1, 0.15) is 16.2 Å². The molecule has 1 aromatic heterocycles. The molecule has 0 aliphatic rings. The Balaban J connectivity index is 1.70. The number of hydrogen-bond acceptors (Lipinski definition) is 7. The van der Waals surface area contributed by atoms with Crippen molar-refractivity contribution in [3.63, 3.8) is 0 Å². The van der Waals surface area contributed by atoms with E-state index in [1.54, 1.807) is 31.2 Å². The smallest absolute Gasteiger partial charge is 0.321 e. The predicted octanol–water partition coefficient (Wildman–Crippen LogP) is 5.18. The van der Waals surface area contributed by atoms with Crippen LogP contribution in [0.2, 0.25) is 5.02 Å². The number of halogens is 1. The van der Waals surface area contributed by atoms with Crippen LogP contribution in [-0.2, 0) is 20.0 Å². The zero-order valence-electron chi connectivity index (χ0n) is 21.1. The van der Waals surface area contributed by atoms with Crippen molar-refractivity contribution in [2.24, 2.45) is 0 Å². The first-order valence-corrected chi connectivity index (χ1v) is 14.8. The van der Waals surface area contributed by atoms with Crippen LogP contribution in [0.3, 0.4) is 0 Å². The van der Waals surface area contributed by atoms with Gasteiger partial charge in [0.15, 0.2) is 0 Å². The van der Waals surface area contributed by atoms with Crippen molar-refractivity contribution in [1.82, 2.24) is 4.90 Å². The van der Waals surface area contributed by atoms with Gasteiger partial charge in [-0.3, -0.25) is 9.44 Å². The summed E-state index contributed by atoms with van der Waals surface area (Å²) in [5.41, 5.74) is 0.333. The molecule has 4 rings (SSSR count). The number of hydrogen-bond donors (Lipinski definition) is 3. The lowest BCUT2D eigenvalue weighted by molar-refractivity contribution is 0.230. The fraction of sp³-hybridized carbons (Fsp3) is 0.160. The highest BCUT2D eigenvalue weighted by molar-refractivity contribution is 7.93. The third-order valence-electron chi connectivity index (χ3n) is 5.33. The number of ether oxygens (including phenoxy) is 1.